The number of rotatable bonds is 5. The van der Waals surface area contributed by atoms with Gasteiger partial charge in [0.15, 0.2) is 0 Å². The lowest BCUT2D eigenvalue weighted by molar-refractivity contribution is 0.202. The Kier molecular flexibility index (Phi) is 4.89. The van der Waals surface area contributed by atoms with Crippen LogP contribution < -0.4 is 10.2 Å². The molecule has 1 saturated heterocycles. The Bertz CT molecular complexity index is 915. The third kappa shape index (κ3) is 3.71. The predicted molar refractivity (Wildman–Crippen MR) is 105 cm³/mol. The van der Waals surface area contributed by atoms with Crippen LogP contribution in [0.3, 0.4) is 0 Å². The number of fused-ring (bicyclic) bond motifs is 1. The molecule has 0 bridgehead atoms. The fourth-order valence-electron chi connectivity index (χ4n) is 3.43. The molecule has 0 radical (unpaired) electrons. The molecule has 1 fully saturated rings. The SMILES string of the molecule is CC(C)n1cnc2cnc(Nc3ccnc(N4CCC(CO)CC4)n3)cc21. The van der Waals surface area contributed by atoms with E-state index in [2.05, 4.69) is 48.6 Å². The van der Waals surface area contributed by atoms with Crippen LogP contribution in [-0.4, -0.2) is 49.3 Å². The molecule has 0 spiro atoms. The van der Waals surface area contributed by atoms with E-state index in [1.807, 2.05) is 18.5 Å². The van der Waals surface area contributed by atoms with Crippen molar-refractivity contribution in [3.05, 3.63) is 30.9 Å². The van der Waals surface area contributed by atoms with Crippen LogP contribution in [0, 0.1) is 5.92 Å². The molecule has 0 aromatic carbocycles. The Hall–Kier alpha value is -2.74. The molecule has 8 nitrogen and oxygen atoms in total. The zero-order chi connectivity index (χ0) is 18.8. The highest BCUT2D eigenvalue weighted by Gasteiger charge is 2.20. The highest BCUT2D eigenvalue weighted by molar-refractivity contribution is 5.78. The maximum absolute atomic E-state index is 9.30. The summed E-state index contributed by atoms with van der Waals surface area (Å²) in [6.07, 6.45) is 7.32. The number of hydrogen-bond acceptors (Lipinski definition) is 7. The lowest BCUT2D eigenvalue weighted by Gasteiger charge is -2.31. The van der Waals surface area contributed by atoms with Crippen molar-refractivity contribution < 1.29 is 5.11 Å². The highest BCUT2D eigenvalue weighted by Crippen LogP contribution is 2.23. The van der Waals surface area contributed by atoms with E-state index in [1.54, 1.807) is 12.4 Å². The highest BCUT2D eigenvalue weighted by atomic mass is 16.3. The van der Waals surface area contributed by atoms with Crippen LogP contribution >= 0.6 is 0 Å². The predicted octanol–water partition coefficient (Wildman–Crippen LogP) is 2.75. The van der Waals surface area contributed by atoms with Gasteiger partial charge in [-0.15, -0.1) is 0 Å². The molecule has 1 aliphatic rings. The molecule has 27 heavy (non-hydrogen) atoms. The van der Waals surface area contributed by atoms with Crippen LogP contribution in [0.1, 0.15) is 32.7 Å². The van der Waals surface area contributed by atoms with Gasteiger partial charge in [-0.2, -0.15) is 4.98 Å². The summed E-state index contributed by atoms with van der Waals surface area (Å²) in [4.78, 5) is 20.1. The summed E-state index contributed by atoms with van der Waals surface area (Å²) in [7, 11) is 0. The molecule has 1 aliphatic heterocycles. The molecule has 0 amide bonds. The van der Waals surface area contributed by atoms with Crippen molar-refractivity contribution in [3.8, 4) is 0 Å². The van der Waals surface area contributed by atoms with Gasteiger partial charge in [0.1, 0.15) is 17.2 Å². The normalized spacial score (nSPS) is 15.6. The summed E-state index contributed by atoms with van der Waals surface area (Å²) >= 11 is 0. The summed E-state index contributed by atoms with van der Waals surface area (Å²) in [5, 5.41) is 12.6. The van der Waals surface area contributed by atoms with Crippen molar-refractivity contribution in [3.63, 3.8) is 0 Å². The van der Waals surface area contributed by atoms with Crippen LogP contribution in [0.2, 0.25) is 0 Å². The Labute approximate surface area is 158 Å². The third-order valence-electron chi connectivity index (χ3n) is 5.07. The number of aliphatic hydroxyl groups is 1. The van der Waals surface area contributed by atoms with Crippen LogP contribution in [0.5, 0.6) is 0 Å². The number of pyridine rings is 1. The summed E-state index contributed by atoms with van der Waals surface area (Å²) in [6, 6.07) is 4.17. The Morgan fingerprint density at radius 2 is 2.00 bits per heavy atom. The first-order chi connectivity index (χ1) is 13.1. The topological polar surface area (TPSA) is 92.0 Å². The maximum atomic E-state index is 9.30. The molecule has 4 heterocycles. The Balaban J connectivity index is 1.53. The number of anilines is 3. The average molecular weight is 367 g/mol. The standard InChI is InChI=1S/C19H25N7O/c1-13(2)26-12-22-15-10-21-18(9-16(15)26)23-17-3-6-20-19(24-17)25-7-4-14(11-27)5-8-25/h3,6,9-10,12-14,27H,4-5,7-8,11H2,1-2H3,(H,20,21,23,24). The summed E-state index contributed by atoms with van der Waals surface area (Å²) in [5.74, 6) is 2.55. The van der Waals surface area contributed by atoms with Crippen molar-refractivity contribution in [2.45, 2.75) is 32.7 Å². The van der Waals surface area contributed by atoms with E-state index in [9.17, 15) is 5.11 Å². The van der Waals surface area contributed by atoms with E-state index in [1.165, 1.54) is 0 Å². The zero-order valence-corrected chi connectivity index (χ0v) is 15.7. The molecule has 3 aromatic heterocycles. The van der Waals surface area contributed by atoms with Gasteiger partial charge in [-0.25, -0.2) is 15.0 Å². The van der Waals surface area contributed by atoms with Crippen LogP contribution in [0.15, 0.2) is 30.9 Å². The minimum atomic E-state index is 0.261. The fourth-order valence-corrected chi connectivity index (χ4v) is 3.43. The van der Waals surface area contributed by atoms with Gasteiger partial charge in [0.05, 0.1) is 18.0 Å². The molecule has 8 heteroatoms. The molecular weight excluding hydrogens is 342 g/mol. The quantitative estimate of drug-likeness (QED) is 0.716. The summed E-state index contributed by atoms with van der Waals surface area (Å²) < 4.78 is 2.12. The number of nitrogens with one attached hydrogen (secondary N) is 1. The van der Waals surface area contributed by atoms with E-state index >= 15 is 0 Å². The van der Waals surface area contributed by atoms with Crippen LogP contribution in [-0.2, 0) is 0 Å². The number of hydrogen-bond donors (Lipinski definition) is 2. The van der Waals surface area contributed by atoms with Gasteiger partial charge in [-0.1, -0.05) is 0 Å². The fraction of sp³-hybridized carbons (Fsp3) is 0.474. The molecular formula is C19H25N7O. The second-order valence-corrected chi connectivity index (χ2v) is 7.28. The van der Waals surface area contributed by atoms with Crippen molar-refractivity contribution in [1.82, 2.24) is 24.5 Å². The van der Waals surface area contributed by atoms with E-state index in [4.69, 9.17) is 0 Å². The van der Waals surface area contributed by atoms with Crippen molar-refractivity contribution in [2.75, 3.05) is 29.9 Å². The minimum Gasteiger partial charge on any atom is -0.396 e. The number of nitrogens with zero attached hydrogens (tertiary/aromatic N) is 6. The summed E-state index contributed by atoms with van der Waals surface area (Å²) in [5.41, 5.74) is 1.92. The molecule has 0 unspecified atom stereocenters. The van der Waals surface area contributed by atoms with E-state index in [-0.39, 0.29) is 6.61 Å². The van der Waals surface area contributed by atoms with Crippen molar-refractivity contribution in [2.24, 2.45) is 5.92 Å². The van der Waals surface area contributed by atoms with Gasteiger partial charge >= 0.3 is 0 Å². The number of piperidine rings is 1. The van der Waals surface area contributed by atoms with Gasteiger partial charge in [0, 0.05) is 38.0 Å². The van der Waals surface area contributed by atoms with Gasteiger partial charge in [-0.3, -0.25) is 0 Å². The van der Waals surface area contributed by atoms with Gasteiger partial charge in [0.25, 0.3) is 0 Å². The second-order valence-electron chi connectivity index (χ2n) is 7.28. The number of aromatic nitrogens is 5. The largest absolute Gasteiger partial charge is 0.396 e. The monoisotopic (exact) mass is 367 g/mol. The third-order valence-corrected chi connectivity index (χ3v) is 5.07. The second kappa shape index (κ2) is 7.48. The summed E-state index contributed by atoms with van der Waals surface area (Å²) in [6.45, 7) is 6.26. The van der Waals surface area contributed by atoms with Crippen LogP contribution in [0.4, 0.5) is 17.6 Å². The molecule has 2 N–H and O–H groups in total. The average Bonchev–Trinajstić information content (AvgIpc) is 3.12. The van der Waals surface area contributed by atoms with Gasteiger partial charge in [-0.05, 0) is 38.7 Å². The Morgan fingerprint density at radius 1 is 1.19 bits per heavy atom. The minimum absolute atomic E-state index is 0.261. The van der Waals surface area contributed by atoms with Crippen molar-refractivity contribution in [1.29, 1.82) is 0 Å². The lowest BCUT2D eigenvalue weighted by atomic mass is 9.98. The van der Waals surface area contributed by atoms with Crippen molar-refractivity contribution >= 4 is 28.6 Å². The zero-order valence-electron chi connectivity index (χ0n) is 15.7. The smallest absolute Gasteiger partial charge is 0.227 e. The first-order valence-electron chi connectivity index (χ1n) is 9.42. The Morgan fingerprint density at radius 3 is 2.74 bits per heavy atom. The molecule has 4 rings (SSSR count). The van der Waals surface area contributed by atoms with E-state index in [0.717, 1.165) is 42.8 Å². The molecule has 0 aliphatic carbocycles. The number of aliphatic hydroxyl groups excluding tert-OH is 1. The maximum Gasteiger partial charge on any atom is 0.227 e. The van der Waals surface area contributed by atoms with Gasteiger partial charge < -0.3 is 19.9 Å². The van der Waals surface area contributed by atoms with Crippen LogP contribution in [0.25, 0.3) is 11.0 Å². The lowest BCUT2D eigenvalue weighted by Crippen LogP contribution is -2.35. The van der Waals surface area contributed by atoms with E-state index < -0.39 is 0 Å². The molecule has 142 valence electrons. The van der Waals surface area contributed by atoms with Gasteiger partial charge in [0.2, 0.25) is 5.95 Å². The first kappa shape index (κ1) is 17.7. The molecule has 0 saturated carbocycles. The molecule has 3 aromatic rings. The first-order valence-corrected chi connectivity index (χ1v) is 9.42. The molecule has 0 atom stereocenters. The number of imidazole rings is 1. The van der Waals surface area contributed by atoms with E-state index in [0.29, 0.717) is 23.7 Å².